The molecule has 0 bridgehead atoms. The van der Waals surface area contributed by atoms with E-state index in [1.165, 1.54) is 21.4 Å². The molecular weight excluding hydrogens is 402 g/mol. The molecule has 160 valence electrons. The number of amides is 1. The standard InChI is InChI=1S/C26H29N3OS/c1-2-29(26(30)24-15-18-8-3-5-12-23(18)28-24)21-11-7-10-20(16-21)27-17-22-14-19-9-4-6-13-25(19)31-22/h3-6,8-9,12-15,20-21,27-28H,2,7,10-11,16-17H2,1H3/t20-,21+/m1/s1. The Morgan fingerprint density at radius 3 is 2.71 bits per heavy atom. The molecule has 31 heavy (non-hydrogen) atoms. The van der Waals surface area contributed by atoms with E-state index in [1.807, 2.05) is 41.7 Å². The predicted octanol–water partition coefficient (Wildman–Crippen LogP) is 5.95. The summed E-state index contributed by atoms with van der Waals surface area (Å²) < 4.78 is 1.35. The van der Waals surface area contributed by atoms with Crippen LogP contribution in [0.1, 0.15) is 48.0 Å². The van der Waals surface area contributed by atoms with Gasteiger partial charge in [-0.3, -0.25) is 4.79 Å². The smallest absolute Gasteiger partial charge is 0.270 e. The van der Waals surface area contributed by atoms with Crippen molar-refractivity contribution in [3.05, 3.63) is 71.2 Å². The first-order valence-electron chi connectivity index (χ1n) is 11.3. The van der Waals surface area contributed by atoms with Gasteiger partial charge in [0, 0.05) is 45.7 Å². The van der Waals surface area contributed by atoms with Crippen molar-refractivity contribution in [1.82, 2.24) is 15.2 Å². The third-order valence-corrected chi connectivity index (χ3v) is 7.61. The van der Waals surface area contributed by atoms with Crippen molar-refractivity contribution in [1.29, 1.82) is 0 Å². The Balaban J connectivity index is 1.25. The number of nitrogens with zero attached hydrogens (tertiary/aromatic N) is 1. The van der Waals surface area contributed by atoms with E-state index in [-0.39, 0.29) is 11.9 Å². The number of para-hydroxylation sites is 1. The highest BCUT2D eigenvalue weighted by molar-refractivity contribution is 7.19. The Hall–Kier alpha value is -2.63. The minimum absolute atomic E-state index is 0.119. The summed E-state index contributed by atoms with van der Waals surface area (Å²) in [6.07, 6.45) is 4.44. The number of rotatable bonds is 6. The van der Waals surface area contributed by atoms with E-state index in [1.54, 1.807) is 0 Å². The van der Waals surface area contributed by atoms with Gasteiger partial charge in [-0.15, -0.1) is 11.3 Å². The summed E-state index contributed by atoms with van der Waals surface area (Å²) >= 11 is 1.87. The van der Waals surface area contributed by atoms with Crippen molar-refractivity contribution >= 4 is 38.2 Å². The monoisotopic (exact) mass is 431 g/mol. The molecule has 1 aliphatic carbocycles. The molecular formula is C26H29N3OS. The molecule has 1 fully saturated rings. The zero-order valence-electron chi connectivity index (χ0n) is 17.9. The molecule has 2 N–H and O–H groups in total. The Morgan fingerprint density at radius 2 is 1.90 bits per heavy atom. The summed E-state index contributed by atoms with van der Waals surface area (Å²) in [5.41, 5.74) is 1.72. The third-order valence-electron chi connectivity index (χ3n) is 6.49. The summed E-state index contributed by atoms with van der Waals surface area (Å²) in [5, 5.41) is 6.19. The fourth-order valence-corrected chi connectivity index (χ4v) is 5.93. The second-order valence-corrected chi connectivity index (χ2v) is 9.68. The molecule has 5 heteroatoms. The van der Waals surface area contributed by atoms with Gasteiger partial charge < -0.3 is 15.2 Å². The van der Waals surface area contributed by atoms with Crippen molar-refractivity contribution in [3.8, 4) is 0 Å². The first kappa shape index (κ1) is 20.3. The molecule has 4 nitrogen and oxygen atoms in total. The number of fused-ring (bicyclic) bond motifs is 2. The van der Waals surface area contributed by atoms with Crippen LogP contribution in [-0.2, 0) is 6.54 Å². The first-order chi connectivity index (χ1) is 15.2. The molecule has 0 spiro atoms. The van der Waals surface area contributed by atoms with Gasteiger partial charge in [0.15, 0.2) is 0 Å². The Morgan fingerprint density at radius 1 is 1.10 bits per heavy atom. The van der Waals surface area contributed by atoms with Crippen LogP contribution in [-0.4, -0.2) is 34.4 Å². The van der Waals surface area contributed by atoms with Gasteiger partial charge in [-0.2, -0.15) is 0 Å². The maximum absolute atomic E-state index is 13.3. The Kier molecular flexibility index (Phi) is 5.79. The average molecular weight is 432 g/mol. The minimum atomic E-state index is 0.119. The quantitative estimate of drug-likeness (QED) is 0.396. The van der Waals surface area contributed by atoms with Gasteiger partial charge >= 0.3 is 0 Å². The fourth-order valence-electron chi connectivity index (χ4n) is 4.91. The lowest BCUT2D eigenvalue weighted by Gasteiger charge is -2.37. The number of hydrogen-bond acceptors (Lipinski definition) is 3. The molecule has 2 aromatic heterocycles. The second-order valence-electron chi connectivity index (χ2n) is 8.51. The number of benzene rings is 2. The molecule has 2 heterocycles. The van der Waals surface area contributed by atoms with E-state index in [0.29, 0.717) is 11.7 Å². The Labute approximate surface area is 187 Å². The molecule has 2 aromatic carbocycles. The van der Waals surface area contributed by atoms with E-state index >= 15 is 0 Å². The van der Waals surface area contributed by atoms with Crippen LogP contribution in [0.2, 0.25) is 0 Å². The lowest BCUT2D eigenvalue weighted by Crippen LogP contribution is -2.46. The van der Waals surface area contributed by atoms with E-state index in [4.69, 9.17) is 0 Å². The van der Waals surface area contributed by atoms with Gasteiger partial charge in [0.05, 0.1) is 0 Å². The number of nitrogens with one attached hydrogen (secondary N) is 2. The zero-order valence-corrected chi connectivity index (χ0v) is 18.8. The van der Waals surface area contributed by atoms with Crippen molar-refractivity contribution < 1.29 is 4.79 Å². The topological polar surface area (TPSA) is 48.1 Å². The molecule has 1 saturated carbocycles. The molecule has 5 rings (SSSR count). The van der Waals surface area contributed by atoms with Crippen molar-refractivity contribution in [2.75, 3.05) is 6.54 Å². The molecule has 0 radical (unpaired) electrons. The van der Waals surface area contributed by atoms with Crippen molar-refractivity contribution in [2.24, 2.45) is 0 Å². The van der Waals surface area contributed by atoms with Crippen LogP contribution in [0.25, 0.3) is 21.0 Å². The summed E-state index contributed by atoms with van der Waals surface area (Å²) in [4.78, 5) is 20.1. The third kappa shape index (κ3) is 4.25. The largest absolute Gasteiger partial charge is 0.351 e. The highest BCUT2D eigenvalue weighted by Gasteiger charge is 2.30. The van der Waals surface area contributed by atoms with Crippen LogP contribution in [0.3, 0.4) is 0 Å². The molecule has 4 aromatic rings. The second kappa shape index (κ2) is 8.85. The zero-order chi connectivity index (χ0) is 21.2. The van der Waals surface area contributed by atoms with Crippen LogP contribution in [0.4, 0.5) is 0 Å². The number of thiophene rings is 1. The van der Waals surface area contributed by atoms with Crippen LogP contribution >= 0.6 is 11.3 Å². The van der Waals surface area contributed by atoms with E-state index in [9.17, 15) is 4.79 Å². The van der Waals surface area contributed by atoms with Gasteiger partial charge in [-0.25, -0.2) is 0 Å². The van der Waals surface area contributed by atoms with Crippen LogP contribution in [0.15, 0.2) is 60.7 Å². The number of carbonyl (C=O) groups excluding carboxylic acids is 1. The lowest BCUT2D eigenvalue weighted by molar-refractivity contribution is 0.0623. The normalized spacial score (nSPS) is 19.1. The van der Waals surface area contributed by atoms with Crippen LogP contribution in [0, 0.1) is 0 Å². The van der Waals surface area contributed by atoms with Gasteiger partial charge in [0.1, 0.15) is 5.69 Å². The van der Waals surface area contributed by atoms with Gasteiger partial charge in [0.25, 0.3) is 5.91 Å². The van der Waals surface area contributed by atoms with E-state index in [2.05, 4.69) is 52.5 Å². The minimum Gasteiger partial charge on any atom is -0.351 e. The van der Waals surface area contributed by atoms with Crippen molar-refractivity contribution in [3.63, 3.8) is 0 Å². The summed E-state index contributed by atoms with van der Waals surface area (Å²) in [6.45, 7) is 3.73. The average Bonchev–Trinajstić information content (AvgIpc) is 3.42. The molecule has 0 saturated heterocycles. The summed E-state index contributed by atoms with van der Waals surface area (Å²) in [5.74, 6) is 0.119. The fraction of sp³-hybridized carbons (Fsp3) is 0.346. The number of hydrogen-bond donors (Lipinski definition) is 2. The number of aromatic nitrogens is 1. The predicted molar refractivity (Wildman–Crippen MR) is 130 cm³/mol. The highest BCUT2D eigenvalue weighted by atomic mass is 32.1. The number of H-pyrrole nitrogens is 1. The maximum atomic E-state index is 13.3. The molecule has 1 aliphatic rings. The molecule has 2 atom stereocenters. The summed E-state index contributed by atoms with van der Waals surface area (Å²) in [6, 6.07) is 21.7. The van der Waals surface area contributed by atoms with E-state index in [0.717, 1.165) is 43.3 Å². The lowest BCUT2D eigenvalue weighted by atomic mass is 9.89. The Bertz CT molecular complexity index is 1130. The maximum Gasteiger partial charge on any atom is 0.270 e. The van der Waals surface area contributed by atoms with Crippen LogP contribution < -0.4 is 5.32 Å². The molecule has 1 amide bonds. The first-order valence-corrected chi connectivity index (χ1v) is 12.1. The highest BCUT2D eigenvalue weighted by Crippen LogP contribution is 2.28. The van der Waals surface area contributed by atoms with Gasteiger partial charge in [0.2, 0.25) is 0 Å². The van der Waals surface area contributed by atoms with Gasteiger partial charge in [-0.1, -0.05) is 36.4 Å². The SMILES string of the molecule is CCN(C(=O)c1cc2ccccc2[nH]1)[C@H]1CCC[C@@H](NCc2cc3ccccc3s2)C1. The van der Waals surface area contributed by atoms with Gasteiger partial charge in [-0.05, 0) is 62.3 Å². The summed E-state index contributed by atoms with van der Waals surface area (Å²) in [7, 11) is 0. The molecule has 0 unspecified atom stereocenters. The van der Waals surface area contributed by atoms with Crippen LogP contribution in [0.5, 0.6) is 0 Å². The number of aromatic amines is 1. The van der Waals surface area contributed by atoms with Crippen molar-refractivity contribution in [2.45, 2.75) is 51.2 Å². The van der Waals surface area contributed by atoms with E-state index < -0.39 is 0 Å². The number of carbonyl (C=O) groups is 1. The molecule has 0 aliphatic heterocycles.